The molecule has 0 saturated carbocycles. The molecule has 0 spiro atoms. The van der Waals surface area contributed by atoms with Crippen LogP contribution in [0.15, 0.2) is 24.3 Å². The van der Waals surface area contributed by atoms with Crippen LogP contribution >= 0.6 is 0 Å². The molecule has 110 valence electrons. The molecule has 0 aliphatic heterocycles. The summed E-state index contributed by atoms with van der Waals surface area (Å²) in [7, 11) is 1.60. The van der Waals surface area contributed by atoms with Crippen molar-refractivity contribution >= 4 is 12.0 Å². The molecule has 0 bridgehead atoms. The van der Waals surface area contributed by atoms with Gasteiger partial charge in [-0.15, -0.1) is 0 Å². The quantitative estimate of drug-likeness (QED) is 0.758. The molecule has 3 N–H and O–H groups in total. The van der Waals surface area contributed by atoms with Crippen LogP contribution in [0, 0.1) is 0 Å². The number of hydrogen-bond donors (Lipinski definition) is 3. The summed E-state index contributed by atoms with van der Waals surface area (Å²) in [6, 6.07) is 5.99. The van der Waals surface area contributed by atoms with Gasteiger partial charge in [0, 0.05) is 13.6 Å². The number of rotatable bonds is 5. The van der Waals surface area contributed by atoms with E-state index in [0.29, 0.717) is 6.54 Å². The first-order chi connectivity index (χ1) is 9.19. The van der Waals surface area contributed by atoms with Gasteiger partial charge in [-0.2, -0.15) is 0 Å². The van der Waals surface area contributed by atoms with Crippen molar-refractivity contribution in [2.75, 3.05) is 13.6 Å². The van der Waals surface area contributed by atoms with Gasteiger partial charge in [-0.05, 0) is 31.5 Å². The first-order valence-electron chi connectivity index (χ1n) is 6.22. The average Bonchev–Trinajstić information content (AvgIpc) is 2.34. The maximum absolute atomic E-state index is 11.8. The smallest absolute Gasteiger partial charge is 0.335 e. The number of aromatic carboxylic acids is 1. The maximum Gasteiger partial charge on any atom is 0.335 e. The molecule has 2 amide bonds. The highest BCUT2D eigenvalue weighted by Gasteiger charge is 2.18. The third-order valence-corrected chi connectivity index (χ3v) is 2.62. The molecular formula is C14H20N2O4. The SMILES string of the molecule is CN(CC(C)(C)O)C(=O)NCc1ccc(C(=O)O)cc1. The fourth-order valence-electron chi connectivity index (χ4n) is 1.73. The van der Waals surface area contributed by atoms with Gasteiger partial charge in [0.2, 0.25) is 0 Å². The van der Waals surface area contributed by atoms with Gasteiger partial charge in [0.1, 0.15) is 0 Å². The number of amides is 2. The van der Waals surface area contributed by atoms with Gasteiger partial charge in [-0.3, -0.25) is 0 Å². The van der Waals surface area contributed by atoms with Crippen molar-refractivity contribution in [3.8, 4) is 0 Å². The molecule has 0 heterocycles. The summed E-state index contributed by atoms with van der Waals surface area (Å²) in [5, 5.41) is 21.1. The second kappa shape index (κ2) is 6.38. The Labute approximate surface area is 118 Å². The van der Waals surface area contributed by atoms with Crippen molar-refractivity contribution in [3.05, 3.63) is 35.4 Å². The van der Waals surface area contributed by atoms with E-state index >= 15 is 0 Å². The number of hydrogen-bond acceptors (Lipinski definition) is 3. The van der Waals surface area contributed by atoms with Crippen LogP contribution in [0.3, 0.4) is 0 Å². The van der Waals surface area contributed by atoms with Gasteiger partial charge >= 0.3 is 12.0 Å². The molecule has 0 unspecified atom stereocenters. The first-order valence-corrected chi connectivity index (χ1v) is 6.22. The summed E-state index contributed by atoms with van der Waals surface area (Å²) in [6.07, 6.45) is 0. The molecule has 0 atom stereocenters. The minimum Gasteiger partial charge on any atom is -0.478 e. The molecule has 1 rings (SSSR count). The van der Waals surface area contributed by atoms with Crippen molar-refractivity contribution in [2.45, 2.75) is 26.0 Å². The Hall–Kier alpha value is -2.08. The number of carbonyl (C=O) groups excluding carboxylic acids is 1. The fourth-order valence-corrected chi connectivity index (χ4v) is 1.73. The van der Waals surface area contributed by atoms with Gasteiger partial charge in [-0.1, -0.05) is 12.1 Å². The van der Waals surface area contributed by atoms with Crippen LogP contribution in [0.5, 0.6) is 0 Å². The summed E-state index contributed by atoms with van der Waals surface area (Å²) in [5.41, 5.74) is 0.0640. The molecule has 0 aromatic heterocycles. The van der Waals surface area contributed by atoms with Crippen molar-refractivity contribution in [2.24, 2.45) is 0 Å². The molecule has 0 aliphatic carbocycles. The van der Waals surface area contributed by atoms with Crippen LogP contribution in [0.25, 0.3) is 0 Å². The van der Waals surface area contributed by atoms with E-state index in [2.05, 4.69) is 5.32 Å². The third kappa shape index (κ3) is 5.27. The summed E-state index contributed by atoms with van der Waals surface area (Å²) in [4.78, 5) is 23.9. The topological polar surface area (TPSA) is 89.9 Å². The Balaban J connectivity index is 2.50. The molecule has 1 aromatic rings. The third-order valence-electron chi connectivity index (χ3n) is 2.62. The van der Waals surface area contributed by atoms with Crippen molar-refractivity contribution in [1.82, 2.24) is 10.2 Å². The van der Waals surface area contributed by atoms with Crippen LogP contribution in [0.1, 0.15) is 29.8 Å². The van der Waals surface area contributed by atoms with E-state index in [9.17, 15) is 14.7 Å². The summed E-state index contributed by atoms with van der Waals surface area (Å²) >= 11 is 0. The van der Waals surface area contributed by atoms with E-state index in [-0.39, 0.29) is 18.1 Å². The zero-order valence-electron chi connectivity index (χ0n) is 11.9. The van der Waals surface area contributed by atoms with Crippen LogP contribution < -0.4 is 5.32 Å². The zero-order chi connectivity index (χ0) is 15.3. The van der Waals surface area contributed by atoms with Gasteiger partial charge in [0.05, 0.1) is 17.7 Å². The number of benzene rings is 1. The standard InChI is InChI=1S/C14H20N2O4/c1-14(2,20)9-16(3)13(19)15-8-10-4-6-11(7-5-10)12(17)18/h4-7,20H,8-9H2,1-3H3,(H,15,19)(H,17,18). The number of nitrogens with one attached hydrogen (secondary N) is 1. The van der Waals surface area contributed by atoms with Gasteiger partial charge < -0.3 is 20.4 Å². The van der Waals surface area contributed by atoms with E-state index in [1.807, 2.05) is 0 Å². The Kier molecular flexibility index (Phi) is 5.10. The van der Waals surface area contributed by atoms with E-state index in [1.54, 1.807) is 33.0 Å². The number of carboxylic acids is 1. The maximum atomic E-state index is 11.8. The molecule has 0 radical (unpaired) electrons. The van der Waals surface area contributed by atoms with Crippen LogP contribution in [-0.2, 0) is 6.54 Å². The number of aliphatic hydroxyl groups is 1. The van der Waals surface area contributed by atoms with Gasteiger partial charge in [0.25, 0.3) is 0 Å². The Morgan fingerprint density at radius 3 is 2.25 bits per heavy atom. The van der Waals surface area contributed by atoms with Crippen LogP contribution in [0.2, 0.25) is 0 Å². The minimum absolute atomic E-state index is 0.208. The molecule has 1 aromatic carbocycles. The summed E-state index contributed by atoms with van der Waals surface area (Å²) in [6.45, 7) is 3.77. The lowest BCUT2D eigenvalue weighted by Crippen LogP contribution is -2.44. The summed E-state index contributed by atoms with van der Waals surface area (Å²) in [5.74, 6) is -0.981. The molecule has 20 heavy (non-hydrogen) atoms. The lowest BCUT2D eigenvalue weighted by Gasteiger charge is -2.25. The van der Waals surface area contributed by atoms with E-state index in [4.69, 9.17) is 5.11 Å². The minimum atomic E-state index is -0.981. The number of urea groups is 1. The largest absolute Gasteiger partial charge is 0.478 e. The molecule has 0 fully saturated rings. The number of likely N-dealkylation sites (N-methyl/N-ethyl adjacent to an activating group) is 1. The Morgan fingerprint density at radius 1 is 1.25 bits per heavy atom. The van der Waals surface area contributed by atoms with E-state index < -0.39 is 11.6 Å². The Bertz CT molecular complexity index is 477. The van der Waals surface area contributed by atoms with Crippen LogP contribution in [0.4, 0.5) is 4.79 Å². The predicted molar refractivity (Wildman–Crippen MR) is 74.6 cm³/mol. The number of nitrogens with zero attached hydrogens (tertiary/aromatic N) is 1. The van der Waals surface area contributed by atoms with E-state index in [1.165, 1.54) is 17.0 Å². The lowest BCUT2D eigenvalue weighted by molar-refractivity contribution is 0.0531. The normalized spacial score (nSPS) is 11.0. The first kappa shape index (κ1) is 16.0. The molecule has 0 aliphatic rings. The number of carbonyl (C=O) groups is 2. The fraction of sp³-hybridized carbons (Fsp3) is 0.429. The highest BCUT2D eigenvalue weighted by molar-refractivity contribution is 5.87. The van der Waals surface area contributed by atoms with Gasteiger partial charge in [-0.25, -0.2) is 9.59 Å². The second-order valence-electron chi connectivity index (χ2n) is 5.33. The highest BCUT2D eigenvalue weighted by atomic mass is 16.4. The lowest BCUT2D eigenvalue weighted by atomic mass is 10.1. The van der Waals surface area contributed by atoms with Gasteiger partial charge in [0.15, 0.2) is 0 Å². The zero-order valence-corrected chi connectivity index (χ0v) is 11.9. The predicted octanol–water partition coefficient (Wildman–Crippen LogP) is 1.30. The number of carboxylic acid groups (broad SMARTS) is 1. The average molecular weight is 280 g/mol. The van der Waals surface area contributed by atoms with Crippen molar-refractivity contribution in [1.29, 1.82) is 0 Å². The molecule has 6 heteroatoms. The molecule has 6 nitrogen and oxygen atoms in total. The summed E-state index contributed by atoms with van der Waals surface area (Å²) < 4.78 is 0. The molecular weight excluding hydrogens is 260 g/mol. The second-order valence-corrected chi connectivity index (χ2v) is 5.33. The van der Waals surface area contributed by atoms with Crippen molar-refractivity contribution < 1.29 is 19.8 Å². The monoisotopic (exact) mass is 280 g/mol. The van der Waals surface area contributed by atoms with Crippen LogP contribution in [-0.4, -0.2) is 46.3 Å². The van der Waals surface area contributed by atoms with Crippen molar-refractivity contribution in [3.63, 3.8) is 0 Å². The molecule has 0 saturated heterocycles. The van der Waals surface area contributed by atoms with E-state index in [0.717, 1.165) is 5.56 Å². The Morgan fingerprint density at radius 2 is 1.80 bits per heavy atom. The highest BCUT2D eigenvalue weighted by Crippen LogP contribution is 2.06.